The zero-order valence-electron chi connectivity index (χ0n) is 14.7. The number of nitrogens with two attached hydrogens (primary N) is 1. The number of likely N-dealkylation sites (tertiary alicyclic amines) is 1. The van der Waals surface area contributed by atoms with Crippen LogP contribution >= 0.6 is 0 Å². The number of hydrogen-bond acceptors (Lipinski definition) is 4. The number of hydrogen-bond donors (Lipinski definition) is 1. The minimum atomic E-state index is -0.806. The second kappa shape index (κ2) is 6.46. The van der Waals surface area contributed by atoms with Gasteiger partial charge in [0.2, 0.25) is 5.91 Å². The minimum absolute atomic E-state index is 0.0594. The van der Waals surface area contributed by atoms with E-state index in [2.05, 4.69) is 13.8 Å². The molecule has 5 nitrogen and oxygen atoms in total. The average Bonchev–Trinajstić information content (AvgIpc) is 2.92. The molecule has 2 fully saturated rings. The summed E-state index contributed by atoms with van der Waals surface area (Å²) in [4.78, 5) is 14.8. The summed E-state index contributed by atoms with van der Waals surface area (Å²) in [5.74, 6) is 0.576. The Balaban J connectivity index is 1.93. The Bertz CT molecular complexity index is 411. The molecule has 2 N–H and O–H groups in total. The van der Waals surface area contributed by atoms with Crippen LogP contribution in [0.15, 0.2) is 0 Å². The van der Waals surface area contributed by atoms with Crippen LogP contribution in [-0.2, 0) is 14.3 Å². The first kappa shape index (κ1) is 17.7. The predicted molar refractivity (Wildman–Crippen MR) is 86.5 cm³/mol. The summed E-state index contributed by atoms with van der Waals surface area (Å²) in [6.07, 6.45) is 1.74. The van der Waals surface area contributed by atoms with E-state index in [9.17, 15) is 4.79 Å². The summed E-state index contributed by atoms with van der Waals surface area (Å²) >= 11 is 0. The Kier molecular flexibility index (Phi) is 5.20. The van der Waals surface area contributed by atoms with Crippen molar-refractivity contribution in [1.29, 1.82) is 0 Å². The highest BCUT2D eigenvalue weighted by atomic mass is 16.5. The Hall–Kier alpha value is -0.650. The maximum Gasteiger partial charge on any atom is 0.243 e. The van der Waals surface area contributed by atoms with Gasteiger partial charge in [-0.05, 0) is 19.3 Å². The normalized spacial score (nSPS) is 34.0. The molecular formula is C17H32N2O3. The second-order valence-electron chi connectivity index (χ2n) is 7.73. The van der Waals surface area contributed by atoms with Crippen LogP contribution < -0.4 is 5.73 Å². The van der Waals surface area contributed by atoms with E-state index in [1.165, 1.54) is 0 Å². The van der Waals surface area contributed by atoms with Crippen LogP contribution in [0.4, 0.5) is 0 Å². The number of carbonyl (C=O) groups excluding carboxylic acids is 1. The van der Waals surface area contributed by atoms with Gasteiger partial charge in [0, 0.05) is 38.1 Å². The number of nitrogens with zero attached hydrogens (tertiary/aromatic N) is 1. The van der Waals surface area contributed by atoms with Gasteiger partial charge in [-0.2, -0.15) is 0 Å². The molecule has 1 aliphatic heterocycles. The second-order valence-corrected chi connectivity index (χ2v) is 7.73. The average molecular weight is 312 g/mol. The highest BCUT2D eigenvalue weighted by molar-refractivity contribution is 5.89. The molecule has 1 heterocycles. The highest BCUT2D eigenvalue weighted by Gasteiger charge is 2.64. The van der Waals surface area contributed by atoms with Crippen LogP contribution in [0.1, 0.15) is 47.5 Å². The molecule has 2 rings (SSSR count). The number of carbonyl (C=O) groups is 1. The maximum atomic E-state index is 12.9. The van der Waals surface area contributed by atoms with E-state index in [1.54, 1.807) is 0 Å². The number of rotatable bonds is 6. The summed E-state index contributed by atoms with van der Waals surface area (Å²) in [7, 11) is 0. The van der Waals surface area contributed by atoms with Crippen molar-refractivity contribution in [3.63, 3.8) is 0 Å². The molecule has 0 aromatic rings. The van der Waals surface area contributed by atoms with E-state index in [-0.39, 0.29) is 23.5 Å². The van der Waals surface area contributed by atoms with Gasteiger partial charge in [0.1, 0.15) is 5.54 Å². The van der Waals surface area contributed by atoms with E-state index in [0.717, 1.165) is 19.6 Å². The SMILES string of the molecule is CCOC1CC(N)(C(=O)N2CCC(OCC(C)C)C2)C1(C)C. The van der Waals surface area contributed by atoms with Gasteiger partial charge in [-0.1, -0.05) is 27.7 Å². The molecule has 3 unspecified atom stereocenters. The third kappa shape index (κ3) is 3.03. The van der Waals surface area contributed by atoms with Crippen molar-refractivity contribution in [2.45, 2.75) is 65.2 Å². The molecule has 1 aliphatic carbocycles. The van der Waals surface area contributed by atoms with Gasteiger partial charge in [0.25, 0.3) is 0 Å². The Morgan fingerprint density at radius 2 is 2.05 bits per heavy atom. The van der Waals surface area contributed by atoms with Gasteiger partial charge in [-0.25, -0.2) is 0 Å². The lowest BCUT2D eigenvalue weighted by Crippen LogP contribution is -2.75. The molecule has 1 saturated heterocycles. The first-order valence-corrected chi connectivity index (χ1v) is 8.53. The summed E-state index contributed by atoms with van der Waals surface area (Å²) in [6, 6.07) is 0. The molecule has 22 heavy (non-hydrogen) atoms. The molecule has 0 aromatic heterocycles. The molecular weight excluding hydrogens is 280 g/mol. The van der Waals surface area contributed by atoms with Crippen molar-refractivity contribution >= 4 is 5.91 Å². The first-order valence-electron chi connectivity index (χ1n) is 8.53. The van der Waals surface area contributed by atoms with Crippen LogP contribution in [0.2, 0.25) is 0 Å². The van der Waals surface area contributed by atoms with Crippen LogP contribution in [0.3, 0.4) is 0 Å². The van der Waals surface area contributed by atoms with Crippen LogP contribution in [-0.4, -0.2) is 54.9 Å². The Morgan fingerprint density at radius 1 is 1.36 bits per heavy atom. The third-order valence-electron chi connectivity index (χ3n) is 5.31. The smallest absolute Gasteiger partial charge is 0.243 e. The zero-order chi connectivity index (χ0) is 16.5. The Morgan fingerprint density at radius 3 is 2.59 bits per heavy atom. The van der Waals surface area contributed by atoms with Crippen molar-refractivity contribution in [2.75, 3.05) is 26.3 Å². The molecule has 128 valence electrons. The third-order valence-corrected chi connectivity index (χ3v) is 5.31. The molecule has 0 bridgehead atoms. The Labute approximate surface area is 134 Å². The summed E-state index contributed by atoms with van der Waals surface area (Å²) < 4.78 is 11.6. The number of ether oxygens (including phenoxy) is 2. The predicted octanol–water partition coefficient (Wildman–Crippen LogP) is 1.79. The van der Waals surface area contributed by atoms with Gasteiger partial charge < -0.3 is 20.1 Å². The van der Waals surface area contributed by atoms with Crippen LogP contribution in [0, 0.1) is 11.3 Å². The molecule has 5 heteroatoms. The van der Waals surface area contributed by atoms with Gasteiger partial charge in [0.15, 0.2) is 0 Å². The zero-order valence-corrected chi connectivity index (χ0v) is 14.7. The van der Waals surface area contributed by atoms with E-state index in [1.807, 2.05) is 25.7 Å². The fraction of sp³-hybridized carbons (Fsp3) is 0.941. The molecule has 0 radical (unpaired) electrons. The van der Waals surface area contributed by atoms with E-state index in [0.29, 0.717) is 25.5 Å². The van der Waals surface area contributed by atoms with Crippen LogP contribution in [0.25, 0.3) is 0 Å². The van der Waals surface area contributed by atoms with Crippen LogP contribution in [0.5, 0.6) is 0 Å². The lowest BCUT2D eigenvalue weighted by Gasteiger charge is -2.58. The topological polar surface area (TPSA) is 64.8 Å². The van der Waals surface area contributed by atoms with Crippen molar-refractivity contribution in [3.8, 4) is 0 Å². The van der Waals surface area contributed by atoms with E-state index < -0.39 is 5.54 Å². The van der Waals surface area contributed by atoms with Crippen molar-refractivity contribution in [1.82, 2.24) is 4.90 Å². The fourth-order valence-electron chi connectivity index (χ4n) is 3.46. The van der Waals surface area contributed by atoms with E-state index in [4.69, 9.17) is 15.2 Å². The van der Waals surface area contributed by atoms with Crippen molar-refractivity contribution in [3.05, 3.63) is 0 Å². The largest absolute Gasteiger partial charge is 0.378 e. The van der Waals surface area contributed by atoms with Gasteiger partial charge in [-0.15, -0.1) is 0 Å². The minimum Gasteiger partial charge on any atom is -0.378 e. The lowest BCUT2D eigenvalue weighted by molar-refractivity contribution is -0.178. The molecule has 3 atom stereocenters. The van der Waals surface area contributed by atoms with E-state index >= 15 is 0 Å². The molecule has 1 amide bonds. The first-order chi connectivity index (χ1) is 10.2. The molecule has 0 spiro atoms. The fourth-order valence-corrected chi connectivity index (χ4v) is 3.46. The maximum absolute atomic E-state index is 12.9. The van der Waals surface area contributed by atoms with Gasteiger partial charge in [0.05, 0.1) is 12.2 Å². The summed E-state index contributed by atoms with van der Waals surface area (Å²) in [6.45, 7) is 13.1. The molecule has 0 aromatic carbocycles. The molecule has 1 saturated carbocycles. The number of amides is 1. The monoisotopic (exact) mass is 312 g/mol. The molecule has 2 aliphatic rings. The van der Waals surface area contributed by atoms with Crippen molar-refractivity contribution in [2.24, 2.45) is 17.1 Å². The summed E-state index contributed by atoms with van der Waals surface area (Å²) in [5.41, 5.74) is 5.35. The summed E-state index contributed by atoms with van der Waals surface area (Å²) in [5, 5.41) is 0. The van der Waals surface area contributed by atoms with Crippen molar-refractivity contribution < 1.29 is 14.3 Å². The lowest BCUT2D eigenvalue weighted by atomic mass is 9.54. The van der Waals surface area contributed by atoms with Gasteiger partial charge >= 0.3 is 0 Å². The van der Waals surface area contributed by atoms with Gasteiger partial charge in [-0.3, -0.25) is 4.79 Å². The standard InChI is InChI=1S/C17H32N2O3/c1-6-21-14-9-17(18,16(14,4)5)15(20)19-8-7-13(10-19)22-11-12(2)3/h12-14H,6-11,18H2,1-5H3. The highest BCUT2D eigenvalue weighted by Crippen LogP contribution is 2.50. The quantitative estimate of drug-likeness (QED) is 0.812.